The summed E-state index contributed by atoms with van der Waals surface area (Å²) < 4.78 is 16.9. The van der Waals surface area contributed by atoms with Gasteiger partial charge in [0.15, 0.2) is 6.10 Å². The van der Waals surface area contributed by atoms with Crippen LogP contribution in [0.4, 0.5) is 0 Å². The normalized spacial score (nSPS) is 12.8. The summed E-state index contributed by atoms with van der Waals surface area (Å²) in [6.45, 7) is 6.43. The highest BCUT2D eigenvalue weighted by Gasteiger charge is 2.19. The van der Waals surface area contributed by atoms with E-state index in [1.54, 1.807) is 0 Å². The largest absolute Gasteiger partial charge is 0.462 e. The first kappa shape index (κ1) is 75.1. The lowest BCUT2D eigenvalue weighted by molar-refractivity contribution is -0.167. The summed E-state index contributed by atoms with van der Waals surface area (Å²) in [5.41, 5.74) is 0. The molecule has 0 fully saturated rings. The molecule has 0 amide bonds. The Kier molecular flexibility index (Phi) is 63.3. The van der Waals surface area contributed by atoms with Crippen molar-refractivity contribution in [3.8, 4) is 0 Å². The van der Waals surface area contributed by atoms with Gasteiger partial charge in [0.2, 0.25) is 0 Å². The number of hydrogen-bond acceptors (Lipinski definition) is 6. The van der Waals surface area contributed by atoms with Gasteiger partial charge in [-0.1, -0.05) is 304 Å². The molecular formula is C73H124O6. The van der Waals surface area contributed by atoms with Crippen LogP contribution in [0.5, 0.6) is 0 Å². The molecule has 0 aromatic carbocycles. The van der Waals surface area contributed by atoms with E-state index < -0.39 is 6.10 Å². The molecule has 0 aliphatic carbocycles. The Morgan fingerprint density at radius 3 is 0.772 bits per heavy atom. The molecule has 0 spiro atoms. The van der Waals surface area contributed by atoms with Crippen molar-refractivity contribution in [3.63, 3.8) is 0 Å². The van der Waals surface area contributed by atoms with Gasteiger partial charge in [-0.2, -0.15) is 0 Å². The Balaban J connectivity index is 4.35. The molecule has 452 valence electrons. The summed E-state index contributed by atoms with van der Waals surface area (Å²) in [5, 5.41) is 0. The minimum absolute atomic E-state index is 0.0865. The average molecular weight is 1100 g/mol. The van der Waals surface area contributed by atoms with Crippen molar-refractivity contribution >= 4 is 17.9 Å². The van der Waals surface area contributed by atoms with Crippen LogP contribution in [-0.2, 0) is 28.6 Å². The van der Waals surface area contributed by atoms with Crippen LogP contribution in [0.2, 0.25) is 0 Å². The van der Waals surface area contributed by atoms with Crippen molar-refractivity contribution in [2.45, 2.75) is 322 Å². The average Bonchev–Trinajstić information content (AvgIpc) is 3.45. The molecule has 1 atom stereocenters. The predicted molar refractivity (Wildman–Crippen MR) is 343 cm³/mol. The van der Waals surface area contributed by atoms with E-state index in [1.807, 2.05) is 0 Å². The number of carbonyl (C=O) groups is 3. The second kappa shape index (κ2) is 66.6. The summed E-state index contributed by atoms with van der Waals surface area (Å²) in [5.74, 6) is -0.901. The SMILES string of the molecule is CC/C=C\C/C=C\C/C=C\C/C=C\C/C=C\CCCCCCCCCCCCCC(=O)OCC(COC(=O)CCCCCCCCCCCCCCCCCCC)OC(=O)CCCCCC/C=C\C/C=C\C/C=C\C/C=C\CC. The van der Waals surface area contributed by atoms with Crippen LogP contribution < -0.4 is 0 Å². The fourth-order valence-corrected chi connectivity index (χ4v) is 9.35. The Bertz CT molecular complexity index is 1590. The standard InChI is InChI=1S/C73H124O6/c1-4-7-10-13-16-19-22-25-28-31-32-33-34-35-36-37-38-39-40-43-45-48-51-54-57-60-63-66-72(75)78-69-70(79-73(76)67-64-61-58-55-52-49-46-42-30-27-24-21-18-15-12-9-6-3)68-77-71(74)65-62-59-56-53-50-47-44-41-29-26-23-20-17-14-11-8-5-2/h7,9-10,12,16,18-19,21,25,27-28,30,32-33,35-36,46,49,70H,4-6,8,11,13-15,17,20,22-24,26,29,31,34,37-45,47-48,50-69H2,1-3H3/b10-7-,12-9-,19-16-,21-18-,28-25-,30-27-,33-32-,36-35-,49-46-. The highest BCUT2D eigenvalue weighted by atomic mass is 16.6. The van der Waals surface area contributed by atoms with Crippen LogP contribution in [0, 0.1) is 0 Å². The van der Waals surface area contributed by atoms with Crippen molar-refractivity contribution in [3.05, 3.63) is 109 Å². The minimum Gasteiger partial charge on any atom is -0.462 e. The molecular weight excluding hydrogens is 973 g/mol. The second-order valence-electron chi connectivity index (χ2n) is 22.0. The Hall–Kier alpha value is -3.93. The molecule has 6 heteroatoms. The van der Waals surface area contributed by atoms with Gasteiger partial charge >= 0.3 is 17.9 Å². The summed E-state index contributed by atoms with van der Waals surface area (Å²) >= 11 is 0. The first-order chi connectivity index (χ1) is 39.0. The monoisotopic (exact) mass is 1100 g/mol. The second-order valence-corrected chi connectivity index (χ2v) is 22.0. The van der Waals surface area contributed by atoms with Gasteiger partial charge in [-0.05, 0) is 103 Å². The van der Waals surface area contributed by atoms with Crippen molar-refractivity contribution < 1.29 is 28.6 Å². The Morgan fingerprint density at radius 1 is 0.266 bits per heavy atom. The number of allylic oxidation sites excluding steroid dienone is 18. The zero-order chi connectivity index (χ0) is 57.1. The molecule has 0 bridgehead atoms. The van der Waals surface area contributed by atoms with Crippen LogP contribution in [0.3, 0.4) is 0 Å². The number of ether oxygens (including phenoxy) is 3. The summed E-state index contributed by atoms with van der Waals surface area (Å²) in [6.07, 6.45) is 91.0. The van der Waals surface area contributed by atoms with Gasteiger partial charge in [-0.25, -0.2) is 0 Å². The molecule has 0 rings (SSSR count). The highest BCUT2D eigenvalue weighted by Crippen LogP contribution is 2.17. The lowest BCUT2D eigenvalue weighted by Gasteiger charge is -2.18. The highest BCUT2D eigenvalue weighted by molar-refractivity contribution is 5.71. The molecule has 79 heavy (non-hydrogen) atoms. The first-order valence-corrected chi connectivity index (χ1v) is 33.4. The Morgan fingerprint density at radius 2 is 0.494 bits per heavy atom. The van der Waals surface area contributed by atoms with Crippen LogP contribution >= 0.6 is 0 Å². The lowest BCUT2D eigenvalue weighted by Crippen LogP contribution is -2.30. The smallest absolute Gasteiger partial charge is 0.306 e. The van der Waals surface area contributed by atoms with E-state index in [1.165, 1.54) is 148 Å². The molecule has 0 aromatic heterocycles. The number of unbranched alkanes of at least 4 members (excludes halogenated alkanes) is 31. The molecule has 0 saturated carbocycles. The van der Waals surface area contributed by atoms with Crippen molar-refractivity contribution in [1.82, 2.24) is 0 Å². The molecule has 0 aliphatic heterocycles. The third-order valence-corrected chi connectivity index (χ3v) is 14.3. The molecule has 0 radical (unpaired) electrons. The first-order valence-electron chi connectivity index (χ1n) is 33.4. The molecule has 0 aliphatic rings. The van der Waals surface area contributed by atoms with Gasteiger partial charge in [0.05, 0.1) is 0 Å². The number of esters is 3. The quantitative estimate of drug-likeness (QED) is 0.0261. The number of carbonyl (C=O) groups excluding carboxylic acids is 3. The fourth-order valence-electron chi connectivity index (χ4n) is 9.35. The van der Waals surface area contributed by atoms with Crippen LogP contribution in [-0.4, -0.2) is 37.2 Å². The van der Waals surface area contributed by atoms with Gasteiger partial charge in [0.25, 0.3) is 0 Å². The molecule has 0 N–H and O–H groups in total. The Labute approximate surface area is 489 Å². The third kappa shape index (κ3) is 64.8. The van der Waals surface area contributed by atoms with E-state index in [4.69, 9.17) is 14.2 Å². The van der Waals surface area contributed by atoms with E-state index in [-0.39, 0.29) is 31.1 Å². The number of rotatable bonds is 60. The topological polar surface area (TPSA) is 78.9 Å². The third-order valence-electron chi connectivity index (χ3n) is 14.3. The number of hydrogen-bond donors (Lipinski definition) is 0. The van der Waals surface area contributed by atoms with Crippen LogP contribution in [0.1, 0.15) is 316 Å². The zero-order valence-corrected chi connectivity index (χ0v) is 51.9. The summed E-state index contributed by atoms with van der Waals surface area (Å²) in [7, 11) is 0. The van der Waals surface area contributed by atoms with E-state index in [9.17, 15) is 14.4 Å². The molecule has 6 nitrogen and oxygen atoms in total. The maximum Gasteiger partial charge on any atom is 0.306 e. The van der Waals surface area contributed by atoms with Gasteiger partial charge in [0.1, 0.15) is 13.2 Å². The van der Waals surface area contributed by atoms with Gasteiger partial charge < -0.3 is 14.2 Å². The van der Waals surface area contributed by atoms with Gasteiger partial charge in [-0.3, -0.25) is 14.4 Å². The van der Waals surface area contributed by atoms with Crippen molar-refractivity contribution in [2.24, 2.45) is 0 Å². The molecule has 0 aromatic rings. The van der Waals surface area contributed by atoms with Crippen LogP contribution in [0.25, 0.3) is 0 Å². The predicted octanol–water partition coefficient (Wildman–Crippen LogP) is 23.0. The van der Waals surface area contributed by atoms with E-state index in [2.05, 4.69) is 130 Å². The van der Waals surface area contributed by atoms with Crippen molar-refractivity contribution in [1.29, 1.82) is 0 Å². The molecule has 0 saturated heterocycles. The van der Waals surface area contributed by atoms with Gasteiger partial charge in [0, 0.05) is 19.3 Å². The van der Waals surface area contributed by atoms with Gasteiger partial charge in [-0.15, -0.1) is 0 Å². The summed E-state index contributed by atoms with van der Waals surface area (Å²) in [6, 6.07) is 0. The lowest BCUT2D eigenvalue weighted by atomic mass is 10.0. The van der Waals surface area contributed by atoms with Crippen LogP contribution in [0.15, 0.2) is 109 Å². The maximum atomic E-state index is 12.9. The molecule has 0 heterocycles. The van der Waals surface area contributed by atoms with E-state index >= 15 is 0 Å². The fraction of sp³-hybridized carbons (Fsp3) is 0.712. The molecule has 1 unspecified atom stereocenters. The van der Waals surface area contributed by atoms with E-state index in [0.29, 0.717) is 19.3 Å². The zero-order valence-electron chi connectivity index (χ0n) is 51.9. The summed E-state index contributed by atoms with van der Waals surface area (Å²) in [4.78, 5) is 38.4. The minimum atomic E-state index is -0.794. The van der Waals surface area contributed by atoms with Crippen molar-refractivity contribution in [2.75, 3.05) is 13.2 Å². The van der Waals surface area contributed by atoms with E-state index in [0.717, 1.165) is 128 Å². The maximum absolute atomic E-state index is 12.9.